The first-order chi connectivity index (χ1) is 14.4. The van der Waals surface area contributed by atoms with E-state index < -0.39 is 0 Å². The van der Waals surface area contributed by atoms with Gasteiger partial charge < -0.3 is 5.32 Å². The number of pyridine rings is 1. The predicted octanol–water partition coefficient (Wildman–Crippen LogP) is 6.89. The molecule has 29 heavy (non-hydrogen) atoms. The summed E-state index contributed by atoms with van der Waals surface area (Å²) in [5.41, 5.74) is 3.43. The first-order valence-corrected chi connectivity index (χ1v) is 11.1. The van der Waals surface area contributed by atoms with Crippen LogP contribution >= 0.6 is 11.8 Å². The van der Waals surface area contributed by atoms with Crippen LogP contribution < -0.4 is 5.32 Å². The molecule has 3 heteroatoms. The number of rotatable bonds is 6. The van der Waals surface area contributed by atoms with Gasteiger partial charge in [0, 0.05) is 34.5 Å². The fraction of sp³-hybridized carbons (Fsp3) is 0.115. The second-order valence-corrected chi connectivity index (χ2v) is 8.27. The zero-order chi connectivity index (χ0) is 19.5. The van der Waals surface area contributed by atoms with E-state index in [9.17, 15) is 0 Å². The maximum atomic E-state index is 4.95. The van der Waals surface area contributed by atoms with E-state index in [0.29, 0.717) is 0 Å². The normalized spacial score (nSPS) is 11.3. The monoisotopic (exact) mass is 394 g/mol. The molecule has 0 spiro atoms. The van der Waals surface area contributed by atoms with Gasteiger partial charge in [-0.3, -0.25) is 4.98 Å². The van der Waals surface area contributed by atoms with E-state index in [2.05, 4.69) is 96.3 Å². The van der Waals surface area contributed by atoms with Gasteiger partial charge in [0.25, 0.3) is 0 Å². The Labute approximate surface area is 175 Å². The highest BCUT2D eigenvalue weighted by atomic mass is 32.2. The van der Waals surface area contributed by atoms with E-state index >= 15 is 0 Å². The molecule has 1 aromatic heterocycles. The minimum atomic E-state index is 0.921. The highest BCUT2D eigenvalue weighted by Crippen LogP contribution is 2.28. The molecule has 142 valence electrons. The highest BCUT2D eigenvalue weighted by Gasteiger charge is 2.07. The molecule has 0 radical (unpaired) electrons. The molecule has 0 saturated carbocycles. The fourth-order valence-corrected chi connectivity index (χ4v) is 4.62. The number of hydrogen-bond donors (Lipinski definition) is 1. The van der Waals surface area contributed by atoms with E-state index in [-0.39, 0.29) is 0 Å². The highest BCUT2D eigenvalue weighted by molar-refractivity contribution is 7.98. The summed E-state index contributed by atoms with van der Waals surface area (Å²) in [4.78, 5) is 4.95. The Hall–Kier alpha value is -3.04. The summed E-state index contributed by atoms with van der Waals surface area (Å²) in [6.07, 6.45) is 0. The number of nitrogens with one attached hydrogen (secondary N) is 1. The third-order valence-electron chi connectivity index (χ3n) is 5.25. The molecule has 0 aliphatic rings. The molecule has 0 unspecified atom stereocenters. The van der Waals surface area contributed by atoms with Crippen LogP contribution in [0.25, 0.3) is 32.4 Å². The van der Waals surface area contributed by atoms with Crippen molar-refractivity contribution in [2.45, 2.75) is 5.75 Å². The molecule has 2 nitrogen and oxygen atoms in total. The predicted molar refractivity (Wildman–Crippen MR) is 128 cm³/mol. The quantitative estimate of drug-likeness (QED) is 0.251. The van der Waals surface area contributed by atoms with E-state index in [1.807, 2.05) is 11.8 Å². The molecule has 0 atom stereocenters. The SMILES string of the molecule is c1ccc2cc(NCCSCc3nc4ccccc4c4ccccc34)ccc2c1. The van der Waals surface area contributed by atoms with Crippen molar-refractivity contribution in [1.29, 1.82) is 0 Å². The van der Waals surface area contributed by atoms with Crippen LogP contribution in [0.1, 0.15) is 5.69 Å². The maximum Gasteiger partial charge on any atom is 0.0712 e. The second kappa shape index (κ2) is 8.14. The summed E-state index contributed by atoms with van der Waals surface area (Å²) in [7, 11) is 0. The maximum absolute atomic E-state index is 4.95. The van der Waals surface area contributed by atoms with E-state index in [0.717, 1.165) is 23.6 Å². The van der Waals surface area contributed by atoms with Gasteiger partial charge >= 0.3 is 0 Å². The Morgan fingerprint density at radius 2 is 1.41 bits per heavy atom. The van der Waals surface area contributed by atoms with Crippen molar-refractivity contribution in [3.63, 3.8) is 0 Å². The third-order valence-corrected chi connectivity index (χ3v) is 6.22. The molecule has 5 rings (SSSR count). The van der Waals surface area contributed by atoms with Gasteiger partial charge in [0.05, 0.1) is 11.2 Å². The standard InChI is InChI=1S/C26H22N2S/c1-2-8-20-17-21(14-13-19(20)7-1)27-15-16-29-18-26-24-11-4-3-9-22(24)23-10-5-6-12-25(23)28-26/h1-14,17,27H,15-16,18H2. The molecule has 4 aromatic carbocycles. The lowest BCUT2D eigenvalue weighted by molar-refractivity contribution is 1.21. The zero-order valence-electron chi connectivity index (χ0n) is 16.1. The molecule has 5 aromatic rings. The Balaban J connectivity index is 1.26. The largest absolute Gasteiger partial charge is 0.384 e. The Bertz CT molecular complexity index is 1300. The zero-order valence-corrected chi connectivity index (χ0v) is 17.0. The smallest absolute Gasteiger partial charge is 0.0712 e. The van der Waals surface area contributed by atoms with Gasteiger partial charge in [-0.1, -0.05) is 72.8 Å². The van der Waals surface area contributed by atoms with Crippen molar-refractivity contribution >= 4 is 49.9 Å². The summed E-state index contributed by atoms with van der Waals surface area (Å²) in [6.45, 7) is 0.939. The molecular weight excluding hydrogens is 372 g/mol. The van der Waals surface area contributed by atoms with Gasteiger partial charge in [-0.15, -0.1) is 0 Å². The molecular formula is C26H22N2S. The number of nitrogens with zero attached hydrogens (tertiary/aromatic N) is 1. The van der Waals surface area contributed by atoms with Gasteiger partial charge in [0.2, 0.25) is 0 Å². The van der Waals surface area contributed by atoms with Crippen molar-refractivity contribution in [2.24, 2.45) is 0 Å². The van der Waals surface area contributed by atoms with Gasteiger partial charge in [-0.2, -0.15) is 11.8 Å². The molecule has 1 N–H and O–H groups in total. The van der Waals surface area contributed by atoms with Crippen molar-refractivity contribution in [3.05, 3.63) is 96.7 Å². The minimum Gasteiger partial charge on any atom is -0.384 e. The van der Waals surface area contributed by atoms with Crippen LogP contribution in [0, 0.1) is 0 Å². The van der Waals surface area contributed by atoms with Gasteiger partial charge in [0.15, 0.2) is 0 Å². The number of hydrogen-bond acceptors (Lipinski definition) is 3. The van der Waals surface area contributed by atoms with Crippen molar-refractivity contribution < 1.29 is 0 Å². The second-order valence-electron chi connectivity index (χ2n) is 7.16. The first-order valence-electron chi connectivity index (χ1n) is 9.95. The lowest BCUT2D eigenvalue weighted by Crippen LogP contribution is -2.04. The van der Waals surface area contributed by atoms with Crippen LogP contribution in [-0.2, 0) is 5.75 Å². The van der Waals surface area contributed by atoms with Crippen LogP contribution in [0.3, 0.4) is 0 Å². The summed E-state index contributed by atoms with van der Waals surface area (Å²) >= 11 is 1.93. The Morgan fingerprint density at radius 1 is 0.690 bits per heavy atom. The van der Waals surface area contributed by atoms with Crippen LogP contribution in [-0.4, -0.2) is 17.3 Å². The van der Waals surface area contributed by atoms with Crippen molar-refractivity contribution in [2.75, 3.05) is 17.6 Å². The number of benzene rings is 4. The van der Waals surface area contributed by atoms with Gasteiger partial charge in [0.1, 0.15) is 0 Å². The van der Waals surface area contributed by atoms with Crippen LogP contribution in [0.4, 0.5) is 5.69 Å². The number of anilines is 1. The average Bonchev–Trinajstić information content (AvgIpc) is 2.79. The molecule has 0 aliphatic heterocycles. The average molecular weight is 395 g/mol. The van der Waals surface area contributed by atoms with Crippen molar-refractivity contribution in [1.82, 2.24) is 4.98 Å². The van der Waals surface area contributed by atoms with Crippen LogP contribution in [0.15, 0.2) is 91.0 Å². The number of fused-ring (bicyclic) bond motifs is 4. The van der Waals surface area contributed by atoms with E-state index in [1.54, 1.807) is 0 Å². The van der Waals surface area contributed by atoms with Crippen LogP contribution in [0.5, 0.6) is 0 Å². The Morgan fingerprint density at radius 3 is 2.31 bits per heavy atom. The molecule has 0 bridgehead atoms. The summed E-state index contributed by atoms with van der Waals surface area (Å²) < 4.78 is 0. The minimum absolute atomic E-state index is 0.921. The van der Waals surface area contributed by atoms with Crippen molar-refractivity contribution in [3.8, 4) is 0 Å². The van der Waals surface area contributed by atoms with E-state index in [4.69, 9.17) is 4.98 Å². The molecule has 0 fully saturated rings. The van der Waals surface area contributed by atoms with E-state index in [1.165, 1.54) is 38.3 Å². The topological polar surface area (TPSA) is 24.9 Å². The number of aromatic nitrogens is 1. The lowest BCUT2D eigenvalue weighted by atomic mass is 10.0. The number of thioether (sulfide) groups is 1. The fourth-order valence-electron chi connectivity index (χ4n) is 3.82. The third kappa shape index (κ3) is 3.79. The first kappa shape index (κ1) is 18.0. The van der Waals surface area contributed by atoms with Gasteiger partial charge in [-0.05, 0) is 34.4 Å². The molecule has 0 amide bonds. The molecule has 0 aliphatic carbocycles. The Kier molecular flexibility index (Phi) is 5.06. The lowest BCUT2D eigenvalue weighted by Gasteiger charge is -2.10. The molecule has 1 heterocycles. The summed E-state index contributed by atoms with van der Waals surface area (Å²) in [5.74, 6) is 1.96. The van der Waals surface area contributed by atoms with Gasteiger partial charge in [-0.25, -0.2) is 0 Å². The summed E-state index contributed by atoms with van der Waals surface area (Å²) in [6, 6.07) is 32.1. The van der Waals surface area contributed by atoms with Crippen LogP contribution in [0.2, 0.25) is 0 Å². The molecule has 0 saturated heterocycles. The number of para-hydroxylation sites is 1. The summed E-state index contributed by atoms with van der Waals surface area (Å²) in [5, 5.41) is 9.89.